The van der Waals surface area contributed by atoms with Gasteiger partial charge < -0.3 is 14.9 Å². The van der Waals surface area contributed by atoms with Crippen molar-refractivity contribution in [1.82, 2.24) is 4.90 Å². The summed E-state index contributed by atoms with van der Waals surface area (Å²) in [6, 6.07) is 7.78. The van der Waals surface area contributed by atoms with Gasteiger partial charge in [-0.05, 0) is 45.0 Å². The Hall–Kier alpha value is -0.620. The summed E-state index contributed by atoms with van der Waals surface area (Å²) in [5.74, 6) is 0.735. The van der Waals surface area contributed by atoms with E-state index in [0.29, 0.717) is 13.1 Å². The van der Waals surface area contributed by atoms with Gasteiger partial charge in [0.15, 0.2) is 0 Å². The van der Waals surface area contributed by atoms with Gasteiger partial charge >= 0.3 is 0 Å². The van der Waals surface area contributed by atoms with E-state index < -0.39 is 12.2 Å². The lowest BCUT2D eigenvalue weighted by Crippen LogP contribution is -2.43. The molecular formula is C15H24BrNO3. The van der Waals surface area contributed by atoms with Crippen LogP contribution in [0.4, 0.5) is 0 Å². The third kappa shape index (κ3) is 6.70. The second-order valence-corrected chi connectivity index (χ2v) is 6.23. The summed E-state index contributed by atoms with van der Waals surface area (Å²) in [5.41, 5.74) is 0. The number of rotatable bonds is 8. The molecule has 114 valence electrons. The molecule has 2 N–H and O–H groups in total. The van der Waals surface area contributed by atoms with Crippen LogP contribution in [0.25, 0.3) is 0 Å². The van der Waals surface area contributed by atoms with E-state index >= 15 is 0 Å². The van der Waals surface area contributed by atoms with Crippen LogP contribution in [-0.4, -0.2) is 53.1 Å². The average molecular weight is 346 g/mol. The highest BCUT2D eigenvalue weighted by Gasteiger charge is 2.16. The largest absolute Gasteiger partial charge is 0.491 e. The third-order valence-electron chi connectivity index (χ3n) is 2.93. The van der Waals surface area contributed by atoms with Gasteiger partial charge in [0.1, 0.15) is 18.5 Å². The maximum absolute atomic E-state index is 10.0. The number of aliphatic hydroxyl groups is 2. The molecular weight excluding hydrogens is 322 g/mol. The summed E-state index contributed by atoms with van der Waals surface area (Å²) >= 11 is 3.36. The Morgan fingerprint density at radius 3 is 2.20 bits per heavy atom. The van der Waals surface area contributed by atoms with Crippen LogP contribution in [0.2, 0.25) is 0 Å². The van der Waals surface area contributed by atoms with Gasteiger partial charge in [-0.2, -0.15) is 0 Å². The summed E-state index contributed by atoms with van der Waals surface area (Å²) in [5, 5.41) is 19.5. The van der Waals surface area contributed by atoms with Crippen molar-refractivity contribution in [1.29, 1.82) is 0 Å². The SMILES string of the molecule is CC(O)CN(CC(O)COc1ccc(Br)cc1)C(C)C. The van der Waals surface area contributed by atoms with Crippen molar-refractivity contribution in [2.75, 3.05) is 19.7 Å². The van der Waals surface area contributed by atoms with E-state index in [9.17, 15) is 10.2 Å². The molecule has 0 spiro atoms. The lowest BCUT2D eigenvalue weighted by Gasteiger charge is -2.29. The molecule has 1 rings (SSSR count). The van der Waals surface area contributed by atoms with E-state index in [1.807, 2.05) is 43.0 Å². The number of benzene rings is 1. The molecule has 1 aromatic carbocycles. The first-order valence-electron chi connectivity index (χ1n) is 6.87. The number of hydrogen-bond donors (Lipinski definition) is 2. The average Bonchev–Trinajstić information content (AvgIpc) is 2.36. The molecule has 0 aliphatic rings. The van der Waals surface area contributed by atoms with Crippen LogP contribution in [0.3, 0.4) is 0 Å². The maximum Gasteiger partial charge on any atom is 0.119 e. The standard InChI is InChI=1S/C15H24BrNO3/c1-11(2)17(8-12(3)18)9-14(19)10-20-15-6-4-13(16)5-7-15/h4-7,11-12,14,18-19H,8-10H2,1-3H3. The zero-order chi connectivity index (χ0) is 15.1. The Morgan fingerprint density at radius 1 is 1.10 bits per heavy atom. The molecule has 0 bridgehead atoms. The van der Waals surface area contributed by atoms with Gasteiger partial charge in [-0.3, -0.25) is 4.90 Å². The number of ether oxygens (including phenoxy) is 1. The second kappa shape index (κ2) is 8.62. The molecule has 0 aliphatic carbocycles. The molecule has 0 radical (unpaired) electrons. The number of halogens is 1. The molecule has 0 saturated carbocycles. The van der Waals surface area contributed by atoms with Gasteiger partial charge in [-0.15, -0.1) is 0 Å². The molecule has 4 nitrogen and oxygen atoms in total. The van der Waals surface area contributed by atoms with Gasteiger partial charge in [0.2, 0.25) is 0 Å². The fourth-order valence-electron chi connectivity index (χ4n) is 1.88. The van der Waals surface area contributed by atoms with Crippen molar-refractivity contribution in [2.24, 2.45) is 0 Å². The molecule has 20 heavy (non-hydrogen) atoms. The monoisotopic (exact) mass is 345 g/mol. The van der Waals surface area contributed by atoms with E-state index in [0.717, 1.165) is 10.2 Å². The van der Waals surface area contributed by atoms with Crippen LogP contribution < -0.4 is 4.74 Å². The van der Waals surface area contributed by atoms with Crippen molar-refractivity contribution in [3.05, 3.63) is 28.7 Å². The Morgan fingerprint density at radius 2 is 1.70 bits per heavy atom. The normalized spacial score (nSPS) is 14.6. The highest BCUT2D eigenvalue weighted by atomic mass is 79.9. The minimum absolute atomic E-state index is 0.241. The Kier molecular flexibility index (Phi) is 7.51. The van der Waals surface area contributed by atoms with Crippen LogP contribution >= 0.6 is 15.9 Å². The van der Waals surface area contributed by atoms with E-state index in [1.165, 1.54) is 0 Å². The first-order chi connectivity index (χ1) is 9.38. The van der Waals surface area contributed by atoms with Crippen molar-refractivity contribution in [2.45, 2.75) is 39.0 Å². The van der Waals surface area contributed by atoms with Crippen LogP contribution in [0.15, 0.2) is 28.7 Å². The lowest BCUT2D eigenvalue weighted by molar-refractivity contribution is 0.0366. The highest BCUT2D eigenvalue weighted by Crippen LogP contribution is 2.16. The minimum atomic E-state index is -0.584. The Labute approximate surface area is 129 Å². The summed E-state index contributed by atoms with van der Waals surface area (Å²) in [7, 11) is 0. The maximum atomic E-state index is 10.0. The number of aliphatic hydroxyl groups excluding tert-OH is 2. The van der Waals surface area contributed by atoms with Crippen molar-refractivity contribution in [3.8, 4) is 5.75 Å². The van der Waals surface area contributed by atoms with Crippen LogP contribution in [0.1, 0.15) is 20.8 Å². The Balaban J connectivity index is 2.41. The molecule has 0 heterocycles. The summed E-state index contributed by atoms with van der Waals surface area (Å²) in [4.78, 5) is 2.04. The van der Waals surface area contributed by atoms with E-state index in [2.05, 4.69) is 15.9 Å². The number of hydrogen-bond acceptors (Lipinski definition) is 4. The molecule has 2 atom stereocenters. The predicted octanol–water partition coefficient (Wildman–Crippen LogP) is 2.28. The van der Waals surface area contributed by atoms with Crippen LogP contribution in [0, 0.1) is 0 Å². The first-order valence-corrected chi connectivity index (χ1v) is 7.66. The van der Waals surface area contributed by atoms with Gasteiger partial charge in [0.25, 0.3) is 0 Å². The van der Waals surface area contributed by atoms with Gasteiger partial charge in [-0.25, -0.2) is 0 Å². The van der Waals surface area contributed by atoms with E-state index in [1.54, 1.807) is 6.92 Å². The summed E-state index contributed by atoms with van der Waals surface area (Å²) in [6.45, 7) is 7.12. The smallest absolute Gasteiger partial charge is 0.119 e. The summed E-state index contributed by atoms with van der Waals surface area (Å²) in [6.07, 6.45) is -0.989. The number of nitrogens with zero attached hydrogens (tertiary/aromatic N) is 1. The molecule has 2 unspecified atom stereocenters. The molecule has 0 fully saturated rings. The molecule has 0 amide bonds. The van der Waals surface area contributed by atoms with Crippen molar-refractivity contribution in [3.63, 3.8) is 0 Å². The fraction of sp³-hybridized carbons (Fsp3) is 0.600. The first kappa shape index (κ1) is 17.4. The van der Waals surface area contributed by atoms with Crippen LogP contribution in [-0.2, 0) is 0 Å². The van der Waals surface area contributed by atoms with Crippen LogP contribution in [0.5, 0.6) is 5.75 Å². The lowest BCUT2D eigenvalue weighted by atomic mass is 10.2. The van der Waals surface area contributed by atoms with E-state index in [4.69, 9.17) is 4.74 Å². The highest BCUT2D eigenvalue weighted by molar-refractivity contribution is 9.10. The topological polar surface area (TPSA) is 52.9 Å². The minimum Gasteiger partial charge on any atom is -0.491 e. The zero-order valence-corrected chi connectivity index (χ0v) is 13.9. The third-order valence-corrected chi connectivity index (χ3v) is 3.46. The quantitative estimate of drug-likeness (QED) is 0.758. The van der Waals surface area contributed by atoms with Crippen molar-refractivity contribution < 1.29 is 14.9 Å². The van der Waals surface area contributed by atoms with Gasteiger partial charge in [0, 0.05) is 23.6 Å². The molecule has 1 aromatic rings. The predicted molar refractivity (Wildman–Crippen MR) is 84.0 cm³/mol. The van der Waals surface area contributed by atoms with E-state index in [-0.39, 0.29) is 12.6 Å². The van der Waals surface area contributed by atoms with Gasteiger partial charge in [0.05, 0.1) is 6.10 Å². The summed E-state index contributed by atoms with van der Waals surface area (Å²) < 4.78 is 6.54. The molecule has 0 aliphatic heterocycles. The molecule has 5 heteroatoms. The van der Waals surface area contributed by atoms with Gasteiger partial charge in [-0.1, -0.05) is 15.9 Å². The van der Waals surface area contributed by atoms with Crippen molar-refractivity contribution >= 4 is 15.9 Å². The Bertz CT molecular complexity index is 381. The fourth-order valence-corrected chi connectivity index (χ4v) is 2.15. The molecule has 0 saturated heterocycles. The zero-order valence-electron chi connectivity index (χ0n) is 12.3. The molecule has 0 aromatic heterocycles. The second-order valence-electron chi connectivity index (χ2n) is 5.32.